The number of carbonyl (C=O) groups excluding carboxylic acids is 1. The molecule has 0 aliphatic carbocycles. The molecular weight excluding hydrogens is 239 g/mol. The van der Waals surface area contributed by atoms with Crippen LogP contribution < -0.4 is 5.32 Å². The Morgan fingerprint density at radius 3 is 2.67 bits per heavy atom. The summed E-state index contributed by atoms with van der Waals surface area (Å²) in [5.74, 6) is -2.55. The van der Waals surface area contributed by atoms with Crippen LogP contribution in [0.5, 0.6) is 0 Å². The minimum atomic E-state index is -1.13. The number of rotatable bonds is 5. The summed E-state index contributed by atoms with van der Waals surface area (Å²) >= 11 is 0. The average molecular weight is 254 g/mol. The number of nitrogens with one attached hydrogen (secondary N) is 1. The van der Waals surface area contributed by atoms with Crippen LogP contribution in [0.25, 0.3) is 0 Å². The lowest BCUT2D eigenvalue weighted by Gasteiger charge is -2.16. The Morgan fingerprint density at radius 1 is 1.50 bits per heavy atom. The number of nitrogens with zero attached hydrogens (tertiary/aromatic N) is 1. The molecule has 0 saturated heterocycles. The van der Waals surface area contributed by atoms with Crippen molar-refractivity contribution in [3.63, 3.8) is 0 Å². The van der Waals surface area contributed by atoms with Crippen LogP contribution in [0.15, 0.2) is 18.5 Å². The first-order valence-electron chi connectivity index (χ1n) is 5.55. The average Bonchev–Trinajstić information content (AvgIpc) is 2.27. The van der Waals surface area contributed by atoms with Crippen molar-refractivity contribution in [2.24, 2.45) is 5.92 Å². The van der Waals surface area contributed by atoms with Gasteiger partial charge in [0.15, 0.2) is 5.82 Å². The molecule has 0 saturated carbocycles. The number of aromatic nitrogens is 1. The minimum absolute atomic E-state index is 0.105. The molecule has 1 rings (SSSR count). The van der Waals surface area contributed by atoms with E-state index in [4.69, 9.17) is 5.11 Å². The molecule has 18 heavy (non-hydrogen) atoms. The standard InChI is InChI=1S/C12H15FN2O3/c1-7(2)5-10(12(17)18)15-11(16)8-3-4-14-6-9(8)13/h3-4,6-7,10H,5H2,1-2H3,(H,15,16)(H,17,18)/t10-/m0/s1. The van der Waals surface area contributed by atoms with Crippen LogP contribution in [0.2, 0.25) is 0 Å². The zero-order valence-electron chi connectivity index (χ0n) is 10.2. The van der Waals surface area contributed by atoms with Gasteiger partial charge in [0.2, 0.25) is 0 Å². The molecule has 0 aliphatic rings. The molecule has 1 heterocycles. The molecule has 98 valence electrons. The Hall–Kier alpha value is -1.98. The largest absolute Gasteiger partial charge is 0.480 e. The summed E-state index contributed by atoms with van der Waals surface area (Å²) < 4.78 is 13.3. The van der Waals surface area contributed by atoms with Crippen LogP contribution in [0.1, 0.15) is 30.6 Å². The number of amides is 1. The lowest BCUT2D eigenvalue weighted by atomic mass is 10.0. The van der Waals surface area contributed by atoms with Crippen LogP contribution >= 0.6 is 0 Å². The molecular formula is C12H15FN2O3. The number of hydrogen-bond donors (Lipinski definition) is 2. The zero-order valence-corrected chi connectivity index (χ0v) is 10.2. The van der Waals surface area contributed by atoms with E-state index in [0.29, 0.717) is 0 Å². The molecule has 1 aromatic rings. The third-order valence-electron chi connectivity index (χ3n) is 2.33. The molecule has 1 atom stereocenters. The molecule has 1 amide bonds. The Morgan fingerprint density at radius 2 is 2.17 bits per heavy atom. The maximum Gasteiger partial charge on any atom is 0.326 e. The number of halogens is 1. The summed E-state index contributed by atoms with van der Waals surface area (Å²) in [5, 5.41) is 11.3. The van der Waals surface area contributed by atoms with E-state index >= 15 is 0 Å². The SMILES string of the molecule is CC(C)C[C@H](NC(=O)c1ccncc1F)C(=O)O. The second-order valence-electron chi connectivity index (χ2n) is 4.35. The molecule has 6 heteroatoms. The Labute approximate surface area is 104 Å². The van der Waals surface area contributed by atoms with Crippen LogP contribution in [0.4, 0.5) is 4.39 Å². The second-order valence-corrected chi connectivity index (χ2v) is 4.35. The molecule has 0 fully saturated rings. The normalized spacial score (nSPS) is 12.2. The van der Waals surface area contributed by atoms with Crippen LogP contribution in [0.3, 0.4) is 0 Å². The van der Waals surface area contributed by atoms with E-state index in [0.717, 1.165) is 6.20 Å². The van der Waals surface area contributed by atoms with Gasteiger partial charge in [0.1, 0.15) is 6.04 Å². The van der Waals surface area contributed by atoms with Crippen molar-refractivity contribution >= 4 is 11.9 Å². The van der Waals surface area contributed by atoms with E-state index in [-0.39, 0.29) is 17.9 Å². The highest BCUT2D eigenvalue weighted by Gasteiger charge is 2.22. The first-order chi connectivity index (χ1) is 8.41. The van der Waals surface area contributed by atoms with Crippen LogP contribution in [-0.4, -0.2) is 28.0 Å². The highest BCUT2D eigenvalue weighted by Crippen LogP contribution is 2.08. The van der Waals surface area contributed by atoms with Crippen molar-refractivity contribution in [1.29, 1.82) is 0 Å². The fourth-order valence-electron chi connectivity index (χ4n) is 1.49. The summed E-state index contributed by atoms with van der Waals surface area (Å²) in [6, 6.07) is 0.184. The summed E-state index contributed by atoms with van der Waals surface area (Å²) in [5.41, 5.74) is -0.208. The summed E-state index contributed by atoms with van der Waals surface area (Å²) in [6.45, 7) is 3.68. The maximum absolute atomic E-state index is 13.3. The molecule has 0 unspecified atom stereocenters. The fraction of sp³-hybridized carbons (Fsp3) is 0.417. The zero-order chi connectivity index (χ0) is 13.7. The highest BCUT2D eigenvalue weighted by molar-refractivity contribution is 5.96. The van der Waals surface area contributed by atoms with Gasteiger partial charge in [-0.3, -0.25) is 9.78 Å². The number of carboxylic acids is 1. The number of carboxylic acid groups (broad SMARTS) is 1. The van der Waals surface area contributed by atoms with E-state index in [1.165, 1.54) is 12.3 Å². The molecule has 0 spiro atoms. The van der Waals surface area contributed by atoms with Crippen molar-refractivity contribution in [3.05, 3.63) is 29.8 Å². The predicted octanol–water partition coefficient (Wildman–Crippen LogP) is 1.45. The maximum atomic E-state index is 13.3. The van der Waals surface area contributed by atoms with Gasteiger partial charge < -0.3 is 10.4 Å². The number of hydrogen-bond acceptors (Lipinski definition) is 3. The van der Waals surface area contributed by atoms with E-state index < -0.39 is 23.7 Å². The molecule has 0 bridgehead atoms. The van der Waals surface area contributed by atoms with Crippen molar-refractivity contribution < 1.29 is 19.1 Å². The van der Waals surface area contributed by atoms with Gasteiger partial charge in [0, 0.05) is 6.20 Å². The van der Waals surface area contributed by atoms with Gasteiger partial charge in [-0.2, -0.15) is 0 Å². The molecule has 2 N–H and O–H groups in total. The van der Waals surface area contributed by atoms with Gasteiger partial charge >= 0.3 is 5.97 Å². The van der Waals surface area contributed by atoms with Gasteiger partial charge in [0.25, 0.3) is 5.91 Å². The Bertz CT molecular complexity index is 449. The molecule has 1 aromatic heterocycles. The molecule has 0 aromatic carbocycles. The van der Waals surface area contributed by atoms with Gasteiger partial charge in [0.05, 0.1) is 11.8 Å². The van der Waals surface area contributed by atoms with Crippen LogP contribution in [0, 0.1) is 11.7 Å². The monoisotopic (exact) mass is 254 g/mol. The van der Waals surface area contributed by atoms with Gasteiger partial charge in [-0.05, 0) is 18.4 Å². The van der Waals surface area contributed by atoms with Gasteiger partial charge in [-0.1, -0.05) is 13.8 Å². The third-order valence-corrected chi connectivity index (χ3v) is 2.33. The second kappa shape index (κ2) is 6.09. The number of pyridine rings is 1. The first-order valence-corrected chi connectivity index (χ1v) is 5.55. The lowest BCUT2D eigenvalue weighted by Crippen LogP contribution is -2.41. The Balaban J connectivity index is 2.79. The van der Waals surface area contributed by atoms with Crippen molar-refractivity contribution in [3.8, 4) is 0 Å². The summed E-state index contributed by atoms with van der Waals surface area (Å²) in [7, 11) is 0. The minimum Gasteiger partial charge on any atom is -0.480 e. The van der Waals surface area contributed by atoms with Crippen molar-refractivity contribution in [1.82, 2.24) is 10.3 Å². The number of aliphatic carboxylic acids is 1. The third kappa shape index (κ3) is 3.80. The molecule has 5 nitrogen and oxygen atoms in total. The number of carbonyl (C=O) groups is 2. The van der Waals surface area contributed by atoms with Crippen LogP contribution in [-0.2, 0) is 4.79 Å². The van der Waals surface area contributed by atoms with Crippen molar-refractivity contribution in [2.45, 2.75) is 26.3 Å². The van der Waals surface area contributed by atoms with E-state index in [1.807, 2.05) is 13.8 Å². The highest BCUT2D eigenvalue weighted by atomic mass is 19.1. The van der Waals surface area contributed by atoms with E-state index in [9.17, 15) is 14.0 Å². The molecule has 0 radical (unpaired) electrons. The molecule has 0 aliphatic heterocycles. The summed E-state index contributed by atoms with van der Waals surface area (Å²) in [4.78, 5) is 26.2. The van der Waals surface area contributed by atoms with Gasteiger partial charge in [-0.15, -0.1) is 0 Å². The Kier molecular flexibility index (Phi) is 4.76. The lowest BCUT2D eigenvalue weighted by molar-refractivity contribution is -0.139. The smallest absolute Gasteiger partial charge is 0.326 e. The van der Waals surface area contributed by atoms with Gasteiger partial charge in [-0.25, -0.2) is 9.18 Å². The van der Waals surface area contributed by atoms with E-state index in [1.54, 1.807) is 0 Å². The quantitative estimate of drug-likeness (QED) is 0.833. The topological polar surface area (TPSA) is 79.3 Å². The fourth-order valence-corrected chi connectivity index (χ4v) is 1.49. The predicted molar refractivity (Wildman–Crippen MR) is 62.5 cm³/mol. The first kappa shape index (κ1) is 14.1. The van der Waals surface area contributed by atoms with Crippen molar-refractivity contribution in [2.75, 3.05) is 0 Å². The summed E-state index contributed by atoms with van der Waals surface area (Å²) in [6.07, 6.45) is 2.47. The van der Waals surface area contributed by atoms with E-state index in [2.05, 4.69) is 10.3 Å².